The predicted molar refractivity (Wildman–Crippen MR) is 74.0 cm³/mol. The van der Waals surface area contributed by atoms with Gasteiger partial charge in [-0.25, -0.2) is 0 Å². The molecule has 1 aromatic heterocycles. The largest absolute Gasteiger partial charge is 0.496 e. The quantitative estimate of drug-likeness (QED) is 0.875. The number of hydrogen-bond donors (Lipinski definition) is 1. The molecular formula is C15H20N2O. The summed E-state index contributed by atoms with van der Waals surface area (Å²) in [6, 6.07) is 8.42. The third-order valence-corrected chi connectivity index (χ3v) is 2.98. The van der Waals surface area contributed by atoms with Crippen LogP contribution in [0, 0.1) is 6.92 Å². The fourth-order valence-electron chi connectivity index (χ4n) is 2.13. The van der Waals surface area contributed by atoms with Crippen molar-refractivity contribution >= 4 is 0 Å². The lowest BCUT2D eigenvalue weighted by Gasteiger charge is -2.10. The van der Waals surface area contributed by atoms with E-state index in [0.717, 1.165) is 18.8 Å². The molecule has 0 saturated heterocycles. The van der Waals surface area contributed by atoms with Gasteiger partial charge in [0.15, 0.2) is 0 Å². The van der Waals surface area contributed by atoms with Crippen LogP contribution in [0.25, 0.3) is 0 Å². The van der Waals surface area contributed by atoms with Crippen molar-refractivity contribution in [3.63, 3.8) is 0 Å². The summed E-state index contributed by atoms with van der Waals surface area (Å²) in [7, 11) is 3.68. The van der Waals surface area contributed by atoms with Crippen LogP contribution in [-0.4, -0.2) is 18.7 Å². The number of rotatable bonds is 5. The maximum Gasteiger partial charge on any atom is 0.123 e. The number of benzene rings is 1. The Bertz CT molecular complexity index is 517. The third kappa shape index (κ3) is 2.93. The molecular weight excluding hydrogens is 224 g/mol. The Morgan fingerprint density at radius 1 is 1.28 bits per heavy atom. The molecule has 1 aromatic carbocycles. The highest BCUT2D eigenvalue weighted by atomic mass is 16.5. The van der Waals surface area contributed by atoms with Crippen molar-refractivity contribution < 1.29 is 4.74 Å². The van der Waals surface area contributed by atoms with Crippen LogP contribution in [0.4, 0.5) is 0 Å². The van der Waals surface area contributed by atoms with E-state index >= 15 is 0 Å². The average Bonchev–Trinajstić information content (AvgIpc) is 2.77. The summed E-state index contributed by atoms with van der Waals surface area (Å²) in [6.07, 6.45) is 4.27. The van der Waals surface area contributed by atoms with E-state index in [9.17, 15) is 0 Å². The van der Waals surface area contributed by atoms with Crippen LogP contribution in [0.3, 0.4) is 0 Å². The molecule has 0 spiro atoms. The zero-order chi connectivity index (χ0) is 13.0. The third-order valence-electron chi connectivity index (χ3n) is 2.98. The maximum absolute atomic E-state index is 5.40. The number of nitrogens with zero attached hydrogens (tertiary/aromatic N) is 1. The zero-order valence-corrected chi connectivity index (χ0v) is 11.2. The summed E-state index contributed by atoms with van der Waals surface area (Å²) in [5.41, 5.74) is 3.77. The van der Waals surface area contributed by atoms with Crippen molar-refractivity contribution in [2.24, 2.45) is 0 Å². The minimum Gasteiger partial charge on any atom is -0.496 e. The van der Waals surface area contributed by atoms with Crippen LogP contribution < -0.4 is 10.1 Å². The van der Waals surface area contributed by atoms with E-state index in [1.165, 1.54) is 16.7 Å². The van der Waals surface area contributed by atoms with Crippen molar-refractivity contribution in [3.8, 4) is 5.75 Å². The number of nitrogens with one attached hydrogen (secondary N) is 1. The molecule has 0 saturated carbocycles. The molecule has 0 atom stereocenters. The van der Waals surface area contributed by atoms with E-state index < -0.39 is 0 Å². The second kappa shape index (κ2) is 5.74. The topological polar surface area (TPSA) is 26.2 Å². The van der Waals surface area contributed by atoms with Gasteiger partial charge in [-0.1, -0.05) is 17.7 Å². The molecule has 3 nitrogen and oxygen atoms in total. The second-order valence-electron chi connectivity index (χ2n) is 4.54. The van der Waals surface area contributed by atoms with Gasteiger partial charge in [0.05, 0.1) is 13.7 Å². The first kappa shape index (κ1) is 12.7. The van der Waals surface area contributed by atoms with Gasteiger partial charge in [0.25, 0.3) is 0 Å². The summed E-state index contributed by atoms with van der Waals surface area (Å²) < 4.78 is 7.59. The van der Waals surface area contributed by atoms with Crippen LogP contribution in [0.15, 0.2) is 36.7 Å². The zero-order valence-electron chi connectivity index (χ0n) is 11.2. The molecule has 18 heavy (non-hydrogen) atoms. The highest BCUT2D eigenvalue weighted by Gasteiger charge is 2.04. The first-order valence-corrected chi connectivity index (χ1v) is 6.15. The normalized spacial score (nSPS) is 10.6. The van der Waals surface area contributed by atoms with Crippen LogP contribution in [0.2, 0.25) is 0 Å². The Balaban J connectivity index is 2.19. The Morgan fingerprint density at radius 3 is 2.83 bits per heavy atom. The predicted octanol–water partition coefficient (Wildman–Crippen LogP) is 2.57. The van der Waals surface area contributed by atoms with Gasteiger partial charge >= 0.3 is 0 Å². The molecule has 1 N–H and O–H groups in total. The van der Waals surface area contributed by atoms with Crippen LogP contribution in [0.5, 0.6) is 5.75 Å². The minimum absolute atomic E-state index is 0.842. The van der Waals surface area contributed by atoms with E-state index in [-0.39, 0.29) is 0 Å². The fraction of sp³-hybridized carbons (Fsp3) is 0.333. The number of ether oxygens (including phenoxy) is 1. The molecule has 3 heteroatoms. The molecule has 0 aliphatic rings. The minimum atomic E-state index is 0.842. The monoisotopic (exact) mass is 244 g/mol. The highest BCUT2D eigenvalue weighted by Crippen LogP contribution is 2.21. The van der Waals surface area contributed by atoms with Crippen molar-refractivity contribution in [2.45, 2.75) is 20.0 Å². The highest BCUT2D eigenvalue weighted by molar-refractivity contribution is 5.37. The molecule has 0 aliphatic carbocycles. The lowest BCUT2D eigenvalue weighted by atomic mass is 10.1. The van der Waals surface area contributed by atoms with Gasteiger partial charge in [0.2, 0.25) is 0 Å². The Hall–Kier alpha value is -1.74. The van der Waals surface area contributed by atoms with Gasteiger partial charge in [0.1, 0.15) is 5.75 Å². The SMILES string of the molecule is CNCc1ccn(Cc2cc(C)ccc2OC)c1. The van der Waals surface area contributed by atoms with E-state index in [0.29, 0.717) is 0 Å². The summed E-state index contributed by atoms with van der Waals surface area (Å²) >= 11 is 0. The number of aryl methyl sites for hydroxylation is 1. The smallest absolute Gasteiger partial charge is 0.123 e. The molecule has 96 valence electrons. The molecule has 0 amide bonds. The summed E-state index contributed by atoms with van der Waals surface area (Å²) in [5.74, 6) is 0.949. The molecule has 0 radical (unpaired) electrons. The second-order valence-corrected chi connectivity index (χ2v) is 4.54. The molecule has 0 unspecified atom stereocenters. The molecule has 0 fully saturated rings. The standard InChI is InChI=1S/C15H20N2O/c1-12-4-5-15(18-3)14(8-12)11-17-7-6-13(10-17)9-16-2/h4-8,10,16H,9,11H2,1-3H3. The van der Waals surface area contributed by atoms with E-state index in [2.05, 4.69) is 47.4 Å². The van der Waals surface area contributed by atoms with Crippen molar-refractivity contribution in [1.29, 1.82) is 0 Å². The van der Waals surface area contributed by atoms with Crippen molar-refractivity contribution in [1.82, 2.24) is 9.88 Å². The van der Waals surface area contributed by atoms with Gasteiger partial charge in [-0.3, -0.25) is 0 Å². The Kier molecular flexibility index (Phi) is 4.05. The van der Waals surface area contributed by atoms with Gasteiger partial charge in [0, 0.05) is 24.5 Å². The van der Waals surface area contributed by atoms with Crippen LogP contribution in [0.1, 0.15) is 16.7 Å². The molecule has 2 rings (SSSR count). The number of hydrogen-bond acceptors (Lipinski definition) is 2. The molecule has 0 bridgehead atoms. The molecule has 1 heterocycles. The molecule has 0 aliphatic heterocycles. The first-order chi connectivity index (χ1) is 8.72. The Labute approximate surface area is 108 Å². The van der Waals surface area contributed by atoms with E-state index in [4.69, 9.17) is 4.74 Å². The van der Waals surface area contributed by atoms with Crippen molar-refractivity contribution in [2.75, 3.05) is 14.2 Å². The van der Waals surface area contributed by atoms with Crippen molar-refractivity contribution in [3.05, 3.63) is 53.3 Å². The van der Waals surface area contributed by atoms with Crippen LogP contribution in [-0.2, 0) is 13.1 Å². The lowest BCUT2D eigenvalue weighted by Crippen LogP contribution is -2.04. The van der Waals surface area contributed by atoms with Gasteiger partial charge in [-0.2, -0.15) is 0 Å². The fourth-order valence-corrected chi connectivity index (χ4v) is 2.13. The van der Waals surface area contributed by atoms with Gasteiger partial charge in [-0.15, -0.1) is 0 Å². The summed E-state index contributed by atoms with van der Waals surface area (Å²) in [5, 5.41) is 3.15. The summed E-state index contributed by atoms with van der Waals surface area (Å²) in [4.78, 5) is 0. The van der Waals surface area contributed by atoms with Gasteiger partial charge in [-0.05, 0) is 31.7 Å². The number of aromatic nitrogens is 1. The Morgan fingerprint density at radius 2 is 2.11 bits per heavy atom. The van der Waals surface area contributed by atoms with Gasteiger partial charge < -0.3 is 14.6 Å². The van der Waals surface area contributed by atoms with E-state index in [1.807, 2.05) is 13.1 Å². The maximum atomic E-state index is 5.40. The summed E-state index contributed by atoms with van der Waals surface area (Å²) in [6.45, 7) is 3.84. The molecule has 2 aromatic rings. The van der Waals surface area contributed by atoms with Crippen LogP contribution >= 0.6 is 0 Å². The first-order valence-electron chi connectivity index (χ1n) is 6.15. The average molecular weight is 244 g/mol. The number of methoxy groups -OCH3 is 1. The lowest BCUT2D eigenvalue weighted by molar-refractivity contribution is 0.408. The van der Waals surface area contributed by atoms with E-state index in [1.54, 1.807) is 7.11 Å².